The average Bonchev–Trinajstić information content (AvgIpc) is 2.88. The molecule has 1 saturated heterocycles. The Morgan fingerprint density at radius 1 is 1.37 bits per heavy atom. The van der Waals surface area contributed by atoms with E-state index in [2.05, 4.69) is 10.3 Å². The van der Waals surface area contributed by atoms with Gasteiger partial charge in [0.15, 0.2) is 0 Å². The van der Waals surface area contributed by atoms with Crippen molar-refractivity contribution >= 4 is 22.7 Å². The van der Waals surface area contributed by atoms with E-state index in [1.165, 1.54) is 4.90 Å². The number of pyridine rings is 1. The van der Waals surface area contributed by atoms with Crippen LogP contribution in [0.4, 0.5) is 10.5 Å². The second-order valence-electron chi connectivity index (χ2n) is 4.73. The van der Waals surface area contributed by atoms with Crippen LogP contribution in [-0.4, -0.2) is 40.2 Å². The van der Waals surface area contributed by atoms with Gasteiger partial charge in [0.1, 0.15) is 0 Å². The van der Waals surface area contributed by atoms with E-state index >= 15 is 0 Å². The van der Waals surface area contributed by atoms with Gasteiger partial charge < -0.3 is 15.3 Å². The van der Waals surface area contributed by atoms with E-state index in [0.29, 0.717) is 13.1 Å². The summed E-state index contributed by atoms with van der Waals surface area (Å²) in [7, 11) is 0. The maximum absolute atomic E-state index is 10.9. The van der Waals surface area contributed by atoms with Crippen LogP contribution in [0.3, 0.4) is 0 Å². The number of nitrogens with one attached hydrogen (secondary N) is 1. The summed E-state index contributed by atoms with van der Waals surface area (Å²) in [5, 5.41) is 13.4. The minimum absolute atomic E-state index is 0.168. The number of hydrogen-bond acceptors (Lipinski definition) is 3. The van der Waals surface area contributed by atoms with Crippen LogP contribution in [0.2, 0.25) is 0 Å². The first-order chi connectivity index (χ1) is 9.24. The van der Waals surface area contributed by atoms with Crippen molar-refractivity contribution < 1.29 is 9.90 Å². The molecule has 19 heavy (non-hydrogen) atoms. The number of carboxylic acid groups (broad SMARTS) is 1. The Morgan fingerprint density at radius 3 is 3.00 bits per heavy atom. The van der Waals surface area contributed by atoms with Crippen molar-refractivity contribution in [3.05, 3.63) is 36.5 Å². The van der Waals surface area contributed by atoms with Gasteiger partial charge in [-0.05, 0) is 18.6 Å². The molecule has 1 fully saturated rings. The fourth-order valence-corrected chi connectivity index (χ4v) is 2.49. The fourth-order valence-electron chi connectivity index (χ4n) is 2.49. The van der Waals surface area contributed by atoms with Crippen LogP contribution < -0.4 is 5.32 Å². The first kappa shape index (κ1) is 11.8. The lowest BCUT2D eigenvalue weighted by Crippen LogP contribution is -2.30. The highest BCUT2D eigenvalue weighted by Crippen LogP contribution is 2.23. The molecule has 2 aromatic rings. The van der Waals surface area contributed by atoms with E-state index in [4.69, 9.17) is 5.11 Å². The molecule has 5 nitrogen and oxygen atoms in total. The van der Waals surface area contributed by atoms with Gasteiger partial charge in [-0.15, -0.1) is 0 Å². The van der Waals surface area contributed by atoms with Crippen LogP contribution in [0.15, 0.2) is 36.5 Å². The minimum Gasteiger partial charge on any atom is -0.465 e. The average molecular weight is 257 g/mol. The zero-order valence-corrected chi connectivity index (χ0v) is 10.4. The monoisotopic (exact) mass is 257 g/mol. The predicted octanol–water partition coefficient (Wildman–Crippen LogP) is 2.40. The van der Waals surface area contributed by atoms with Crippen molar-refractivity contribution in [2.75, 3.05) is 18.4 Å². The summed E-state index contributed by atoms with van der Waals surface area (Å²) < 4.78 is 0. The lowest BCUT2D eigenvalue weighted by Gasteiger charge is -2.16. The molecule has 1 atom stereocenters. The number of likely N-dealkylation sites (tertiary alicyclic amines) is 1. The highest BCUT2D eigenvalue weighted by atomic mass is 16.4. The molecule has 0 radical (unpaired) electrons. The molecule has 0 spiro atoms. The molecule has 1 amide bonds. The molecule has 3 rings (SSSR count). The van der Waals surface area contributed by atoms with Gasteiger partial charge in [-0.2, -0.15) is 0 Å². The van der Waals surface area contributed by atoms with Crippen LogP contribution in [0.5, 0.6) is 0 Å². The van der Waals surface area contributed by atoms with Crippen molar-refractivity contribution in [1.82, 2.24) is 9.88 Å². The lowest BCUT2D eigenvalue weighted by atomic mass is 10.1. The smallest absolute Gasteiger partial charge is 0.407 e. The molecule has 5 heteroatoms. The summed E-state index contributed by atoms with van der Waals surface area (Å²) in [6.45, 7) is 1.13. The predicted molar refractivity (Wildman–Crippen MR) is 73.4 cm³/mol. The lowest BCUT2D eigenvalue weighted by molar-refractivity contribution is 0.155. The summed E-state index contributed by atoms with van der Waals surface area (Å²) in [5.41, 5.74) is 1.96. The number of aromatic nitrogens is 1. The molecular formula is C14H15N3O2. The van der Waals surface area contributed by atoms with Crippen LogP contribution in [-0.2, 0) is 0 Å². The molecule has 1 aromatic heterocycles. The molecule has 1 aliphatic rings. The quantitative estimate of drug-likeness (QED) is 0.867. The van der Waals surface area contributed by atoms with E-state index in [9.17, 15) is 4.79 Å². The van der Waals surface area contributed by atoms with Crippen molar-refractivity contribution in [3.8, 4) is 0 Å². The molecule has 0 saturated carbocycles. The Hall–Kier alpha value is -2.30. The molecular weight excluding hydrogens is 242 g/mol. The Labute approximate surface area is 110 Å². The van der Waals surface area contributed by atoms with Gasteiger partial charge >= 0.3 is 6.09 Å². The number of carbonyl (C=O) groups is 1. The number of para-hydroxylation sites is 1. The number of fused-ring (bicyclic) bond motifs is 1. The third-order valence-electron chi connectivity index (χ3n) is 3.47. The van der Waals surface area contributed by atoms with Crippen molar-refractivity contribution in [1.29, 1.82) is 0 Å². The Kier molecular flexibility index (Phi) is 2.95. The highest BCUT2D eigenvalue weighted by Gasteiger charge is 2.25. The number of amides is 1. The molecule has 0 unspecified atom stereocenters. The summed E-state index contributed by atoms with van der Waals surface area (Å²) in [6, 6.07) is 10.0. The first-order valence-corrected chi connectivity index (χ1v) is 6.32. The maximum Gasteiger partial charge on any atom is 0.407 e. The molecule has 0 bridgehead atoms. The largest absolute Gasteiger partial charge is 0.465 e. The number of hydrogen-bond donors (Lipinski definition) is 2. The Bertz CT molecular complexity index is 609. The molecule has 1 aliphatic heterocycles. The van der Waals surface area contributed by atoms with Gasteiger partial charge in [0, 0.05) is 36.4 Å². The molecule has 98 valence electrons. The number of anilines is 1. The van der Waals surface area contributed by atoms with Gasteiger partial charge in [-0.3, -0.25) is 4.98 Å². The standard InChI is InChI=1S/C14H15N3O2/c18-14(19)17-8-6-10(9-17)16-13-5-7-15-12-4-2-1-3-11(12)13/h1-5,7,10H,6,8-9H2,(H,15,16)(H,18,19)/t10-/m1/s1. The van der Waals surface area contributed by atoms with Crippen molar-refractivity contribution in [3.63, 3.8) is 0 Å². The number of benzene rings is 1. The van der Waals surface area contributed by atoms with Gasteiger partial charge in [-0.1, -0.05) is 18.2 Å². The molecule has 0 aliphatic carbocycles. The van der Waals surface area contributed by atoms with Crippen molar-refractivity contribution in [2.45, 2.75) is 12.5 Å². The van der Waals surface area contributed by atoms with Crippen LogP contribution in [0.25, 0.3) is 10.9 Å². The Morgan fingerprint density at radius 2 is 2.21 bits per heavy atom. The van der Waals surface area contributed by atoms with E-state index in [1.54, 1.807) is 6.20 Å². The van der Waals surface area contributed by atoms with Gasteiger partial charge in [0.2, 0.25) is 0 Å². The highest BCUT2D eigenvalue weighted by molar-refractivity contribution is 5.91. The van der Waals surface area contributed by atoms with Gasteiger partial charge in [0.05, 0.1) is 5.52 Å². The topological polar surface area (TPSA) is 65.5 Å². The molecule has 2 N–H and O–H groups in total. The summed E-state index contributed by atoms with van der Waals surface area (Å²) in [6.07, 6.45) is 1.77. The summed E-state index contributed by atoms with van der Waals surface area (Å²) >= 11 is 0. The van der Waals surface area contributed by atoms with Gasteiger partial charge in [-0.25, -0.2) is 4.79 Å². The molecule has 2 heterocycles. The normalized spacial score (nSPS) is 18.7. The number of nitrogens with zero attached hydrogens (tertiary/aromatic N) is 2. The number of rotatable bonds is 2. The fraction of sp³-hybridized carbons (Fsp3) is 0.286. The SMILES string of the molecule is O=C(O)N1CC[C@@H](Nc2ccnc3ccccc23)C1. The van der Waals surface area contributed by atoms with Crippen molar-refractivity contribution in [2.24, 2.45) is 0 Å². The van der Waals surface area contributed by atoms with E-state index in [-0.39, 0.29) is 6.04 Å². The summed E-state index contributed by atoms with van der Waals surface area (Å²) in [5.74, 6) is 0. The van der Waals surface area contributed by atoms with E-state index in [0.717, 1.165) is 23.0 Å². The van der Waals surface area contributed by atoms with E-state index < -0.39 is 6.09 Å². The second kappa shape index (κ2) is 4.76. The van der Waals surface area contributed by atoms with Crippen LogP contribution >= 0.6 is 0 Å². The zero-order chi connectivity index (χ0) is 13.2. The van der Waals surface area contributed by atoms with Crippen LogP contribution in [0, 0.1) is 0 Å². The van der Waals surface area contributed by atoms with E-state index in [1.807, 2.05) is 30.3 Å². The van der Waals surface area contributed by atoms with Crippen LogP contribution in [0.1, 0.15) is 6.42 Å². The first-order valence-electron chi connectivity index (χ1n) is 6.32. The minimum atomic E-state index is -0.844. The summed E-state index contributed by atoms with van der Waals surface area (Å²) in [4.78, 5) is 16.7. The third kappa shape index (κ3) is 2.31. The molecule has 1 aromatic carbocycles. The Balaban J connectivity index is 1.81. The van der Waals surface area contributed by atoms with Gasteiger partial charge in [0.25, 0.3) is 0 Å². The zero-order valence-electron chi connectivity index (χ0n) is 10.4. The maximum atomic E-state index is 10.9. The third-order valence-corrected chi connectivity index (χ3v) is 3.47. The second-order valence-corrected chi connectivity index (χ2v) is 4.73.